The van der Waals surface area contributed by atoms with Crippen molar-refractivity contribution in [3.63, 3.8) is 0 Å². The molecule has 0 spiro atoms. The smallest absolute Gasteiger partial charge is 0.318 e. The maximum atomic E-state index is 12.6. The normalized spacial score (nSPS) is 15.3. The number of carboxylic acids is 1. The van der Waals surface area contributed by atoms with E-state index < -0.39 is 22.5 Å². The third kappa shape index (κ3) is 4.28. The number of hydrogen-bond acceptors (Lipinski definition) is 3. The van der Waals surface area contributed by atoms with Crippen molar-refractivity contribution in [2.75, 3.05) is 13.1 Å². The lowest BCUT2D eigenvalue weighted by Crippen LogP contribution is -2.37. The lowest BCUT2D eigenvalue weighted by Gasteiger charge is -2.20. The van der Waals surface area contributed by atoms with E-state index in [1.54, 1.807) is 24.3 Å². The quantitative estimate of drug-likeness (QED) is 0.798. The second-order valence-electron chi connectivity index (χ2n) is 5.53. The van der Waals surface area contributed by atoms with Gasteiger partial charge in [0.25, 0.3) is 0 Å². The molecule has 1 saturated carbocycles. The molecule has 0 aliphatic heterocycles. The Morgan fingerprint density at radius 3 is 2.38 bits per heavy atom. The summed E-state index contributed by atoms with van der Waals surface area (Å²) in [5, 5.41) is 8.94. The number of carbonyl (C=O) groups is 1. The van der Waals surface area contributed by atoms with Gasteiger partial charge in [-0.15, -0.1) is 0 Å². The molecule has 0 amide bonds. The van der Waals surface area contributed by atoms with Crippen LogP contribution in [0.15, 0.2) is 29.2 Å². The number of sulfonamides is 1. The molecule has 21 heavy (non-hydrogen) atoms. The lowest BCUT2D eigenvalue weighted by atomic mass is 10.1. The third-order valence-corrected chi connectivity index (χ3v) is 5.40. The van der Waals surface area contributed by atoms with Crippen molar-refractivity contribution < 1.29 is 18.3 Å². The standard InChI is InChI=1S/C15H21NO4S/c1-2-3-12-6-8-14(9-7-12)21(19,20)16(11-15(17)18)10-13-4-5-13/h6-9,13H,2-5,10-11H2,1H3,(H,17,18). The van der Waals surface area contributed by atoms with Crippen molar-refractivity contribution in [2.45, 2.75) is 37.5 Å². The van der Waals surface area contributed by atoms with Gasteiger partial charge in [0.2, 0.25) is 10.0 Å². The Morgan fingerprint density at radius 2 is 1.90 bits per heavy atom. The minimum absolute atomic E-state index is 0.171. The van der Waals surface area contributed by atoms with Gasteiger partial charge in [0, 0.05) is 6.54 Å². The molecule has 0 aromatic heterocycles. The van der Waals surface area contributed by atoms with Gasteiger partial charge in [-0.1, -0.05) is 25.5 Å². The number of benzene rings is 1. The molecule has 1 fully saturated rings. The SMILES string of the molecule is CCCc1ccc(S(=O)(=O)N(CC(=O)O)CC2CC2)cc1. The predicted octanol–water partition coefficient (Wildman–Crippen LogP) is 2.12. The van der Waals surface area contributed by atoms with E-state index in [-0.39, 0.29) is 4.90 Å². The molecule has 1 aliphatic rings. The number of rotatable bonds is 8. The Bertz CT molecular complexity index is 591. The molecule has 0 unspecified atom stereocenters. The highest BCUT2D eigenvalue weighted by molar-refractivity contribution is 7.89. The van der Waals surface area contributed by atoms with E-state index in [0.717, 1.165) is 35.6 Å². The number of aryl methyl sites for hydroxylation is 1. The molecule has 1 aliphatic carbocycles. The average Bonchev–Trinajstić information content (AvgIpc) is 3.22. The van der Waals surface area contributed by atoms with Crippen molar-refractivity contribution in [1.82, 2.24) is 4.31 Å². The molecular formula is C15H21NO4S. The van der Waals surface area contributed by atoms with Crippen molar-refractivity contribution in [1.29, 1.82) is 0 Å². The minimum atomic E-state index is -3.73. The van der Waals surface area contributed by atoms with Crippen LogP contribution in [0.2, 0.25) is 0 Å². The highest BCUT2D eigenvalue weighted by Gasteiger charge is 2.32. The molecule has 116 valence electrons. The molecule has 6 heteroatoms. The van der Waals surface area contributed by atoms with E-state index in [1.165, 1.54) is 0 Å². The zero-order valence-electron chi connectivity index (χ0n) is 12.2. The van der Waals surface area contributed by atoms with Crippen LogP contribution in [0, 0.1) is 5.92 Å². The lowest BCUT2D eigenvalue weighted by molar-refractivity contribution is -0.137. The summed E-state index contributed by atoms with van der Waals surface area (Å²) >= 11 is 0. The van der Waals surface area contributed by atoms with Crippen LogP contribution >= 0.6 is 0 Å². The molecule has 0 heterocycles. The summed E-state index contributed by atoms with van der Waals surface area (Å²) in [6.45, 7) is 1.88. The molecule has 2 rings (SSSR count). The summed E-state index contributed by atoms with van der Waals surface area (Å²) < 4.78 is 26.2. The number of carboxylic acid groups (broad SMARTS) is 1. The molecule has 5 nitrogen and oxygen atoms in total. The highest BCUT2D eigenvalue weighted by atomic mass is 32.2. The van der Waals surface area contributed by atoms with E-state index in [0.29, 0.717) is 12.5 Å². The fourth-order valence-corrected chi connectivity index (χ4v) is 3.72. The van der Waals surface area contributed by atoms with Gasteiger partial charge in [0.1, 0.15) is 6.54 Å². The van der Waals surface area contributed by atoms with Gasteiger partial charge in [-0.25, -0.2) is 8.42 Å². The Hall–Kier alpha value is -1.40. The van der Waals surface area contributed by atoms with Gasteiger partial charge in [-0.3, -0.25) is 4.79 Å². The van der Waals surface area contributed by atoms with Crippen LogP contribution in [-0.4, -0.2) is 36.9 Å². The van der Waals surface area contributed by atoms with Gasteiger partial charge in [0.15, 0.2) is 0 Å². The van der Waals surface area contributed by atoms with E-state index in [2.05, 4.69) is 6.92 Å². The minimum Gasteiger partial charge on any atom is -0.480 e. The monoisotopic (exact) mass is 311 g/mol. The van der Waals surface area contributed by atoms with Gasteiger partial charge in [-0.05, 0) is 42.9 Å². The van der Waals surface area contributed by atoms with Gasteiger partial charge in [0.05, 0.1) is 4.90 Å². The fourth-order valence-electron chi connectivity index (χ4n) is 2.25. The third-order valence-electron chi connectivity index (χ3n) is 3.57. The molecule has 0 atom stereocenters. The second-order valence-corrected chi connectivity index (χ2v) is 7.47. The first-order valence-electron chi connectivity index (χ1n) is 7.24. The first kappa shape index (κ1) is 16.0. The summed E-state index contributed by atoms with van der Waals surface area (Å²) in [6.07, 6.45) is 3.85. The molecule has 0 bridgehead atoms. The van der Waals surface area contributed by atoms with E-state index in [1.807, 2.05) is 0 Å². The highest BCUT2D eigenvalue weighted by Crippen LogP contribution is 2.31. The van der Waals surface area contributed by atoms with Crippen molar-refractivity contribution in [3.05, 3.63) is 29.8 Å². The molecule has 1 aromatic rings. The topological polar surface area (TPSA) is 74.7 Å². The van der Waals surface area contributed by atoms with Gasteiger partial charge < -0.3 is 5.11 Å². The molecule has 0 saturated heterocycles. The average molecular weight is 311 g/mol. The number of hydrogen-bond donors (Lipinski definition) is 1. The molecular weight excluding hydrogens is 290 g/mol. The van der Waals surface area contributed by atoms with Gasteiger partial charge >= 0.3 is 5.97 Å². The largest absolute Gasteiger partial charge is 0.480 e. The zero-order chi connectivity index (χ0) is 15.5. The van der Waals surface area contributed by atoms with Crippen molar-refractivity contribution >= 4 is 16.0 Å². The van der Waals surface area contributed by atoms with E-state index in [4.69, 9.17) is 5.11 Å². The van der Waals surface area contributed by atoms with Crippen LogP contribution in [0.4, 0.5) is 0 Å². The summed E-state index contributed by atoms with van der Waals surface area (Å²) in [5.41, 5.74) is 1.09. The van der Waals surface area contributed by atoms with E-state index >= 15 is 0 Å². The van der Waals surface area contributed by atoms with Crippen LogP contribution in [0.5, 0.6) is 0 Å². The maximum absolute atomic E-state index is 12.6. The van der Waals surface area contributed by atoms with Crippen LogP contribution in [0.3, 0.4) is 0 Å². The van der Waals surface area contributed by atoms with Crippen molar-refractivity contribution in [3.8, 4) is 0 Å². The summed E-state index contributed by atoms with van der Waals surface area (Å²) in [7, 11) is -3.73. The maximum Gasteiger partial charge on any atom is 0.318 e. The Morgan fingerprint density at radius 1 is 1.29 bits per heavy atom. The number of aliphatic carboxylic acids is 1. The summed E-state index contributed by atoms with van der Waals surface area (Å²) in [4.78, 5) is 11.1. The van der Waals surface area contributed by atoms with Crippen LogP contribution in [0.25, 0.3) is 0 Å². The van der Waals surface area contributed by atoms with Gasteiger partial charge in [-0.2, -0.15) is 4.31 Å². The van der Waals surface area contributed by atoms with Crippen LogP contribution in [-0.2, 0) is 21.2 Å². The van der Waals surface area contributed by atoms with E-state index in [9.17, 15) is 13.2 Å². The first-order valence-corrected chi connectivity index (χ1v) is 8.68. The summed E-state index contributed by atoms with van der Waals surface area (Å²) in [6, 6.07) is 6.74. The van der Waals surface area contributed by atoms with Crippen molar-refractivity contribution in [2.24, 2.45) is 5.92 Å². The predicted molar refractivity (Wildman–Crippen MR) is 79.6 cm³/mol. The second kappa shape index (κ2) is 6.58. The zero-order valence-corrected chi connectivity index (χ0v) is 13.0. The first-order chi connectivity index (χ1) is 9.93. The van der Waals surface area contributed by atoms with Crippen LogP contribution in [0.1, 0.15) is 31.7 Å². The Labute approximate surface area is 125 Å². The number of nitrogens with zero attached hydrogens (tertiary/aromatic N) is 1. The molecule has 1 N–H and O–H groups in total. The van der Waals surface area contributed by atoms with Crippen LogP contribution < -0.4 is 0 Å². The summed E-state index contributed by atoms with van der Waals surface area (Å²) in [5.74, 6) is -0.819. The Kier molecular flexibility index (Phi) is 5.00. The fraction of sp³-hybridized carbons (Fsp3) is 0.533. The molecule has 1 aromatic carbocycles. The Balaban J connectivity index is 2.21. The molecule has 0 radical (unpaired) electrons.